The first-order chi connectivity index (χ1) is 11.5. The molecule has 0 spiro atoms. The molecule has 2 heterocycles. The van der Waals surface area contributed by atoms with Gasteiger partial charge in [-0.15, -0.1) is 0 Å². The molecule has 2 aromatic rings. The van der Waals surface area contributed by atoms with Crippen LogP contribution in [0, 0.1) is 5.92 Å². The van der Waals surface area contributed by atoms with E-state index in [0.717, 1.165) is 12.8 Å². The molecule has 2 amide bonds. The molecule has 7 heteroatoms. The Morgan fingerprint density at radius 3 is 2.75 bits per heavy atom. The second kappa shape index (κ2) is 7.28. The zero-order valence-corrected chi connectivity index (χ0v) is 14.3. The molecule has 1 N–H and O–H groups in total. The Kier molecular flexibility index (Phi) is 5.11. The van der Waals surface area contributed by atoms with E-state index >= 15 is 0 Å². The van der Waals surface area contributed by atoms with E-state index in [4.69, 9.17) is 27.6 Å². The summed E-state index contributed by atoms with van der Waals surface area (Å²) >= 11 is 11.8. The molecule has 1 aliphatic heterocycles. The van der Waals surface area contributed by atoms with Gasteiger partial charge in [0.1, 0.15) is 0 Å². The molecule has 0 radical (unpaired) electrons. The molecule has 5 nitrogen and oxygen atoms in total. The van der Waals surface area contributed by atoms with Crippen LogP contribution < -0.4 is 5.32 Å². The van der Waals surface area contributed by atoms with Crippen LogP contribution >= 0.6 is 23.2 Å². The highest BCUT2D eigenvalue weighted by atomic mass is 35.5. The molecule has 1 aromatic carbocycles. The van der Waals surface area contributed by atoms with E-state index in [9.17, 15) is 9.59 Å². The number of furan rings is 1. The van der Waals surface area contributed by atoms with Crippen LogP contribution in [-0.2, 0) is 4.79 Å². The van der Waals surface area contributed by atoms with E-state index in [1.54, 1.807) is 35.2 Å². The first-order valence-corrected chi connectivity index (χ1v) is 8.39. The smallest absolute Gasteiger partial charge is 0.289 e. The molecule has 3 rings (SSSR count). The topological polar surface area (TPSA) is 62.6 Å². The van der Waals surface area contributed by atoms with Crippen LogP contribution in [0.25, 0.3) is 0 Å². The van der Waals surface area contributed by atoms with Gasteiger partial charge in [-0.2, -0.15) is 0 Å². The quantitative estimate of drug-likeness (QED) is 0.889. The summed E-state index contributed by atoms with van der Waals surface area (Å²) in [6.45, 7) is 0.989. The van der Waals surface area contributed by atoms with Crippen LogP contribution in [0.1, 0.15) is 23.4 Å². The number of nitrogens with one attached hydrogen (secondary N) is 1. The number of amides is 2. The maximum atomic E-state index is 12.5. The van der Waals surface area contributed by atoms with Crippen molar-refractivity contribution < 1.29 is 14.0 Å². The van der Waals surface area contributed by atoms with Crippen molar-refractivity contribution in [2.75, 3.05) is 18.4 Å². The van der Waals surface area contributed by atoms with Gasteiger partial charge in [-0.25, -0.2) is 0 Å². The molecule has 0 unspecified atom stereocenters. The van der Waals surface area contributed by atoms with E-state index in [1.807, 2.05) is 0 Å². The van der Waals surface area contributed by atoms with Crippen LogP contribution in [-0.4, -0.2) is 29.8 Å². The summed E-state index contributed by atoms with van der Waals surface area (Å²) in [6.07, 6.45) is 2.96. The lowest BCUT2D eigenvalue weighted by Crippen LogP contribution is -2.43. The fourth-order valence-corrected chi connectivity index (χ4v) is 3.05. The van der Waals surface area contributed by atoms with Crippen LogP contribution in [0.5, 0.6) is 0 Å². The zero-order valence-electron chi connectivity index (χ0n) is 12.8. The lowest BCUT2D eigenvalue weighted by molar-refractivity contribution is -0.121. The predicted octanol–water partition coefficient (Wildman–Crippen LogP) is 4.08. The summed E-state index contributed by atoms with van der Waals surface area (Å²) < 4.78 is 5.15. The predicted molar refractivity (Wildman–Crippen MR) is 92.4 cm³/mol. The molecule has 24 heavy (non-hydrogen) atoms. The van der Waals surface area contributed by atoms with Crippen molar-refractivity contribution in [3.63, 3.8) is 0 Å². The summed E-state index contributed by atoms with van der Waals surface area (Å²) in [4.78, 5) is 26.5. The number of nitrogens with zero attached hydrogens (tertiary/aromatic N) is 1. The molecular weight excluding hydrogens is 351 g/mol. The van der Waals surface area contributed by atoms with Crippen molar-refractivity contribution in [2.45, 2.75) is 12.8 Å². The Labute approximate surface area is 149 Å². The highest BCUT2D eigenvalue weighted by Crippen LogP contribution is 2.26. The van der Waals surface area contributed by atoms with Crippen molar-refractivity contribution >= 4 is 40.7 Å². The largest absolute Gasteiger partial charge is 0.459 e. The molecular formula is C17H16Cl2N2O3. The SMILES string of the molecule is O=C(Nc1ccc(Cl)c(Cl)c1)[C@H]1CCCN(C(=O)c2ccco2)C1. The molecule has 126 valence electrons. The first-order valence-electron chi connectivity index (χ1n) is 7.63. The Morgan fingerprint density at radius 1 is 1.21 bits per heavy atom. The van der Waals surface area contributed by atoms with Gasteiger partial charge in [0, 0.05) is 18.8 Å². The maximum Gasteiger partial charge on any atom is 0.289 e. The van der Waals surface area contributed by atoms with Gasteiger partial charge in [0.25, 0.3) is 5.91 Å². The molecule has 1 aromatic heterocycles. The van der Waals surface area contributed by atoms with Crippen LogP contribution in [0.15, 0.2) is 41.0 Å². The van der Waals surface area contributed by atoms with E-state index in [1.165, 1.54) is 6.26 Å². The monoisotopic (exact) mass is 366 g/mol. The average Bonchev–Trinajstić information content (AvgIpc) is 3.12. The zero-order chi connectivity index (χ0) is 17.1. The number of anilines is 1. The lowest BCUT2D eigenvalue weighted by Gasteiger charge is -2.31. The third-order valence-corrected chi connectivity index (χ3v) is 4.74. The molecule has 1 saturated heterocycles. The summed E-state index contributed by atoms with van der Waals surface area (Å²) in [7, 11) is 0. The molecule has 1 aliphatic rings. The minimum Gasteiger partial charge on any atom is -0.459 e. The van der Waals surface area contributed by atoms with Gasteiger partial charge >= 0.3 is 0 Å². The highest BCUT2D eigenvalue weighted by Gasteiger charge is 2.29. The van der Waals surface area contributed by atoms with Crippen molar-refractivity contribution in [1.29, 1.82) is 0 Å². The second-order valence-electron chi connectivity index (χ2n) is 5.69. The van der Waals surface area contributed by atoms with Crippen molar-refractivity contribution in [3.05, 3.63) is 52.4 Å². The van der Waals surface area contributed by atoms with Gasteiger partial charge in [0.05, 0.1) is 22.2 Å². The van der Waals surface area contributed by atoms with E-state index in [2.05, 4.69) is 5.32 Å². The Bertz CT molecular complexity index is 746. The summed E-state index contributed by atoms with van der Waals surface area (Å²) in [5.74, 6) is -0.301. The molecule has 0 aliphatic carbocycles. The number of rotatable bonds is 3. The Hall–Kier alpha value is -1.98. The van der Waals surface area contributed by atoms with Crippen LogP contribution in [0.2, 0.25) is 10.0 Å². The summed E-state index contributed by atoms with van der Waals surface area (Å²) in [6, 6.07) is 8.23. The van der Waals surface area contributed by atoms with Gasteiger partial charge in [-0.05, 0) is 43.2 Å². The number of carbonyl (C=O) groups is 2. The number of piperidine rings is 1. The third kappa shape index (κ3) is 3.74. The summed E-state index contributed by atoms with van der Waals surface area (Å²) in [5.41, 5.74) is 0.587. The van der Waals surface area contributed by atoms with Crippen molar-refractivity contribution in [1.82, 2.24) is 4.90 Å². The maximum absolute atomic E-state index is 12.5. The lowest BCUT2D eigenvalue weighted by atomic mass is 9.96. The van der Waals surface area contributed by atoms with Gasteiger partial charge in [-0.1, -0.05) is 23.2 Å². The number of halogens is 2. The number of benzene rings is 1. The standard InChI is InChI=1S/C17H16Cl2N2O3/c18-13-6-5-12(9-14(13)19)20-16(22)11-3-1-7-21(10-11)17(23)15-4-2-8-24-15/h2,4-6,8-9,11H,1,3,7,10H2,(H,20,22)/t11-/m0/s1. The number of carbonyl (C=O) groups excluding carboxylic acids is 2. The van der Waals surface area contributed by atoms with E-state index in [-0.39, 0.29) is 17.7 Å². The fourth-order valence-electron chi connectivity index (χ4n) is 2.75. The van der Waals surface area contributed by atoms with Crippen molar-refractivity contribution in [2.24, 2.45) is 5.92 Å². The molecule has 0 saturated carbocycles. The minimum absolute atomic E-state index is 0.134. The van der Waals surface area contributed by atoms with Gasteiger partial charge in [0.2, 0.25) is 5.91 Å². The number of likely N-dealkylation sites (tertiary alicyclic amines) is 1. The number of hydrogen-bond acceptors (Lipinski definition) is 3. The van der Waals surface area contributed by atoms with Crippen molar-refractivity contribution in [3.8, 4) is 0 Å². The van der Waals surface area contributed by atoms with Crippen LogP contribution in [0.4, 0.5) is 5.69 Å². The summed E-state index contributed by atoms with van der Waals surface area (Å²) in [5, 5.41) is 3.65. The molecule has 1 fully saturated rings. The third-order valence-electron chi connectivity index (χ3n) is 4.00. The van der Waals surface area contributed by atoms with Gasteiger partial charge in [0.15, 0.2) is 5.76 Å². The van der Waals surface area contributed by atoms with E-state index < -0.39 is 0 Å². The minimum atomic E-state index is -0.271. The van der Waals surface area contributed by atoms with Gasteiger partial charge in [-0.3, -0.25) is 9.59 Å². The Balaban J connectivity index is 1.64. The average molecular weight is 367 g/mol. The number of hydrogen-bond donors (Lipinski definition) is 1. The van der Waals surface area contributed by atoms with Gasteiger partial charge < -0.3 is 14.6 Å². The van der Waals surface area contributed by atoms with Crippen LogP contribution in [0.3, 0.4) is 0 Å². The fraction of sp³-hybridized carbons (Fsp3) is 0.294. The first kappa shape index (κ1) is 16.9. The normalized spacial score (nSPS) is 17.6. The molecule has 1 atom stereocenters. The highest BCUT2D eigenvalue weighted by molar-refractivity contribution is 6.42. The Morgan fingerprint density at radius 2 is 2.04 bits per heavy atom. The molecule has 0 bridgehead atoms. The van der Waals surface area contributed by atoms with E-state index in [0.29, 0.717) is 34.6 Å². The second-order valence-corrected chi connectivity index (χ2v) is 6.50.